The molecule has 1 unspecified atom stereocenters. The average Bonchev–Trinajstić information content (AvgIpc) is 3.08. The van der Waals surface area contributed by atoms with Crippen molar-refractivity contribution in [2.24, 2.45) is 5.92 Å². The number of hydrogen-bond donors (Lipinski definition) is 0. The summed E-state index contributed by atoms with van der Waals surface area (Å²) in [6.45, 7) is 9.85. The molecule has 3 rings (SSSR count). The first-order valence-corrected chi connectivity index (χ1v) is 8.99. The Morgan fingerprint density at radius 3 is 3.00 bits per heavy atom. The van der Waals surface area contributed by atoms with Crippen molar-refractivity contribution >= 4 is 11.3 Å². The second kappa shape index (κ2) is 6.94. The van der Waals surface area contributed by atoms with Crippen LogP contribution < -0.4 is 0 Å². The fourth-order valence-corrected chi connectivity index (χ4v) is 3.78. The quantitative estimate of drug-likeness (QED) is 0.847. The molecule has 4 nitrogen and oxygen atoms in total. The van der Waals surface area contributed by atoms with Crippen molar-refractivity contribution in [1.29, 1.82) is 0 Å². The Labute approximate surface area is 137 Å². The SMILES string of the molecule is CC(C)N(C)CC1CN(Cc2ccsc2)Cc2nccn2C1. The molecule has 0 N–H and O–H groups in total. The maximum atomic E-state index is 4.56. The van der Waals surface area contributed by atoms with E-state index >= 15 is 0 Å². The highest BCUT2D eigenvalue weighted by atomic mass is 32.1. The molecule has 0 amide bonds. The zero-order valence-electron chi connectivity index (χ0n) is 13.8. The van der Waals surface area contributed by atoms with Crippen LogP contribution in [-0.2, 0) is 19.6 Å². The molecule has 3 heterocycles. The Kier molecular flexibility index (Phi) is 4.96. The van der Waals surface area contributed by atoms with Crippen molar-refractivity contribution in [3.8, 4) is 0 Å². The van der Waals surface area contributed by atoms with Gasteiger partial charge in [0.2, 0.25) is 0 Å². The lowest BCUT2D eigenvalue weighted by Crippen LogP contribution is -2.37. The Balaban J connectivity index is 1.74. The largest absolute Gasteiger partial charge is 0.333 e. The highest BCUT2D eigenvalue weighted by molar-refractivity contribution is 7.07. The second-order valence-electron chi connectivity index (χ2n) is 6.70. The predicted molar refractivity (Wildman–Crippen MR) is 91.9 cm³/mol. The summed E-state index contributed by atoms with van der Waals surface area (Å²) in [4.78, 5) is 9.56. The van der Waals surface area contributed by atoms with Crippen LogP contribution in [0.3, 0.4) is 0 Å². The minimum atomic E-state index is 0.593. The summed E-state index contributed by atoms with van der Waals surface area (Å²) in [5, 5.41) is 4.42. The zero-order valence-corrected chi connectivity index (χ0v) is 14.6. The smallest absolute Gasteiger partial charge is 0.122 e. The van der Waals surface area contributed by atoms with Gasteiger partial charge < -0.3 is 9.47 Å². The number of nitrogens with zero attached hydrogens (tertiary/aromatic N) is 4. The van der Waals surface area contributed by atoms with E-state index in [4.69, 9.17) is 0 Å². The molecule has 2 aromatic rings. The summed E-state index contributed by atoms with van der Waals surface area (Å²) in [7, 11) is 2.23. The number of hydrogen-bond acceptors (Lipinski definition) is 4. The predicted octanol–water partition coefficient (Wildman–Crippen LogP) is 2.92. The summed E-state index contributed by atoms with van der Waals surface area (Å²) in [6, 6.07) is 2.83. The van der Waals surface area contributed by atoms with Crippen LogP contribution in [0.1, 0.15) is 25.2 Å². The first kappa shape index (κ1) is 15.7. The minimum absolute atomic E-state index is 0.593. The van der Waals surface area contributed by atoms with Crippen LogP contribution in [0.4, 0.5) is 0 Å². The van der Waals surface area contributed by atoms with Gasteiger partial charge in [-0.2, -0.15) is 11.3 Å². The molecule has 0 radical (unpaired) electrons. The monoisotopic (exact) mass is 318 g/mol. The Hall–Kier alpha value is -1.17. The van der Waals surface area contributed by atoms with Gasteiger partial charge in [-0.1, -0.05) is 0 Å². The van der Waals surface area contributed by atoms with E-state index in [0.29, 0.717) is 12.0 Å². The third kappa shape index (κ3) is 3.77. The van der Waals surface area contributed by atoms with Gasteiger partial charge in [0.15, 0.2) is 0 Å². The van der Waals surface area contributed by atoms with E-state index in [0.717, 1.165) is 32.7 Å². The number of aromatic nitrogens is 2. The molecule has 1 aliphatic heterocycles. The highest BCUT2D eigenvalue weighted by Crippen LogP contribution is 2.19. The molecule has 22 heavy (non-hydrogen) atoms. The zero-order chi connectivity index (χ0) is 15.5. The number of rotatable bonds is 5. The van der Waals surface area contributed by atoms with Gasteiger partial charge in [-0.15, -0.1) is 0 Å². The van der Waals surface area contributed by atoms with E-state index < -0.39 is 0 Å². The molecule has 0 bridgehead atoms. The molecular formula is C17H26N4S. The standard InChI is InChI=1S/C17H26N4S/c1-14(2)19(3)8-16-10-20(9-15-4-7-22-13-15)12-17-18-5-6-21(17)11-16/h4-7,13-14,16H,8-12H2,1-3H3. The van der Waals surface area contributed by atoms with Crippen molar-refractivity contribution in [2.45, 2.75) is 39.5 Å². The van der Waals surface area contributed by atoms with Gasteiger partial charge in [0, 0.05) is 50.5 Å². The lowest BCUT2D eigenvalue weighted by atomic mass is 10.1. The van der Waals surface area contributed by atoms with Gasteiger partial charge in [0.1, 0.15) is 5.82 Å². The maximum Gasteiger partial charge on any atom is 0.122 e. The van der Waals surface area contributed by atoms with Crippen LogP contribution in [0.2, 0.25) is 0 Å². The number of fused-ring (bicyclic) bond motifs is 1. The van der Waals surface area contributed by atoms with Crippen molar-refractivity contribution < 1.29 is 0 Å². The molecule has 1 aliphatic rings. The minimum Gasteiger partial charge on any atom is -0.333 e. The lowest BCUT2D eigenvalue weighted by molar-refractivity contribution is 0.166. The first-order chi connectivity index (χ1) is 10.6. The van der Waals surface area contributed by atoms with Crippen LogP contribution in [0.15, 0.2) is 29.2 Å². The highest BCUT2D eigenvalue weighted by Gasteiger charge is 2.24. The van der Waals surface area contributed by atoms with Crippen LogP contribution in [-0.4, -0.2) is 45.5 Å². The third-order valence-electron chi connectivity index (χ3n) is 4.55. The molecule has 0 saturated heterocycles. The van der Waals surface area contributed by atoms with Crippen molar-refractivity contribution in [1.82, 2.24) is 19.4 Å². The summed E-state index contributed by atoms with van der Waals surface area (Å²) >= 11 is 1.78. The summed E-state index contributed by atoms with van der Waals surface area (Å²) in [5.74, 6) is 1.84. The normalized spacial score (nSPS) is 19.6. The fourth-order valence-electron chi connectivity index (χ4n) is 3.12. The van der Waals surface area contributed by atoms with Gasteiger partial charge in [-0.05, 0) is 43.3 Å². The van der Waals surface area contributed by atoms with Gasteiger partial charge in [-0.25, -0.2) is 4.98 Å². The number of thiophene rings is 1. The molecule has 1 atom stereocenters. The van der Waals surface area contributed by atoms with Gasteiger partial charge >= 0.3 is 0 Å². The molecule has 0 fully saturated rings. The summed E-state index contributed by atoms with van der Waals surface area (Å²) in [6.07, 6.45) is 4.07. The van der Waals surface area contributed by atoms with E-state index in [1.807, 2.05) is 6.20 Å². The third-order valence-corrected chi connectivity index (χ3v) is 5.28. The first-order valence-electron chi connectivity index (χ1n) is 8.05. The average molecular weight is 318 g/mol. The lowest BCUT2D eigenvalue weighted by Gasteiger charge is -2.29. The molecular weight excluding hydrogens is 292 g/mol. The van der Waals surface area contributed by atoms with Crippen LogP contribution in [0, 0.1) is 5.92 Å². The Morgan fingerprint density at radius 1 is 1.41 bits per heavy atom. The van der Waals surface area contributed by atoms with Crippen LogP contribution in [0.25, 0.3) is 0 Å². The van der Waals surface area contributed by atoms with Crippen molar-refractivity contribution in [3.05, 3.63) is 40.6 Å². The van der Waals surface area contributed by atoms with Crippen LogP contribution in [0.5, 0.6) is 0 Å². The van der Waals surface area contributed by atoms with E-state index in [9.17, 15) is 0 Å². The molecule has 120 valence electrons. The van der Waals surface area contributed by atoms with Gasteiger partial charge in [0.25, 0.3) is 0 Å². The van der Waals surface area contributed by atoms with E-state index in [-0.39, 0.29) is 0 Å². The van der Waals surface area contributed by atoms with E-state index in [2.05, 4.69) is 63.3 Å². The van der Waals surface area contributed by atoms with Gasteiger partial charge in [-0.3, -0.25) is 4.90 Å². The summed E-state index contributed by atoms with van der Waals surface area (Å²) < 4.78 is 2.34. The molecule has 0 aromatic carbocycles. The van der Waals surface area contributed by atoms with Crippen molar-refractivity contribution in [2.75, 3.05) is 20.1 Å². The summed E-state index contributed by atoms with van der Waals surface area (Å²) in [5.41, 5.74) is 1.42. The molecule has 2 aromatic heterocycles. The Morgan fingerprint density at radius 2 is 2.27 bits per heavy atom. The second-order valence-corrected chi connectivity index (χ2v) is 7.48. The van der Waals surface area contributed by atoms with Gasteiger partial charge in [0.05, 0.1) is 6.54 Å². The van der Waals surface area contributed by atoms with Crippen LogP contribution >= 0.6 is 11.3 Å². The van der Waals surface area contributed by atoms with E-state index in [1.54, 1.807) is 11.3 Å². The Bertz CT molecular complexity index is 575. The van der Waals surface area contributed by atoms with E-state index in [1.165, 1.54) is 11.4 Å². The maximum absolute atomic E-state index is 4.56. The molecule has 0 spiro atoms. The number of imidazole rings is 1. The topological polar surface area (TPSA) is 24.3 Å². The molecule has 0 saturated carbocycles. The fraction of sp³-hybridized carbons (Fsp3) is 0.588. The molecule has 5 heteroatoms. The molecule has 0 aliphatic carbocycles. The van der Waals surface area contributed by atoms with Crippen molar-refractivity contribution in [3.63, 3.8) is 0 Å².